The summed E-state index contributed by atoms with van der Waals surface area (Å²) in [5, 5.41) is 10.5. The standard InChI is InChI=1S/C16H22O2/c1-3-12-5-4-6-14(17)15(12)16(18)13-9-7-11(2)8-10-13/h7-10,12,15-16,18H,3-6H2,1-2H3. The number of aryl methyl sites for hydroxylation is 1. The van der Waals surface area contributed by atoms with Crippen LogP contribution >= 0.6 is 0 Å². The molecule has 1 aromatic carbocycles. The van der Waals surface area contributed by atoms with Crippen LogP contribution in [0, 0.1) is 18.8 Å². The summed E-state index contributed by atoms with van der Waals surface area (Å²) in [5.41, 5.74) is 2.05. The van der Waals surface area contributed by atoms with E-state index >= 15 is 0 Å². The largest absolute Gasteiger partial charge is 0.388 e. The van der Waals surface area contributed by atoms with Crippen LogP contribution in [0.5, 0.6) is 0 Å². The maximum absolute atomic E-state index is 12.1. The van der Waals surface area contributed by atoms with Gasteiger partial charge < -0.3 is 5.11 Å². The van der Waals surface area contributed by atoms with Crippen LogP contribution < -0.4 is 0 Å². The van der Waals surface area contributed by atoms with E-state index in [1.165, 1.54) is 5.56 Å². The quantitative estimate of drug-likeness (QED) is 0.887. The molecule has 3 atom stereocenters. The van der Waals surface area contributed by atoms with Gasteiger partial charge in [-0.1, -0.05) is 43.2 Å². The molecule has 1 fully saturated rings. The molecule has 1 N–H and O–H groups in total. The summed E-state index contributed by atoms with van der Waals surface area (Å²) in [7, 11) is 0. The summed E-state index contributed by atoms with van der Waals surface area (Å²) in [5.74, 6) is 0.371. The van der Waals surface area contributed by atoms with Crippen LogP contribution in [0.2, 0.25) is 0 Å². The lowest BCUT2D eigenvalue weighted by molar-refractivity contribution is -0.132. The van der Waals surface area contributed by atoms with Gasteiger partial charge >= 0.3 is 0 Å². The molecule has 1 saturated carbocycles. The van der Waals surface area contributed by atoms with Gasteiger partial charge in [-0.15, -0.1) is 0 Å². The van der Waals surface area contributed by atoms with Crippen molar-refractivity contribution in [2.24, 2.45) is 11.8 Å². The van der Waals surface area contributed by atoms with E-state index in [-0.39, 0.29) is 11.7 Å². The molecule has 3 unspecified atom stereocenters. The minimum Gasteiger partial charge on any atom is -0.388 e. The fourth-order valence-electron chi connectivity index (χ4n) is 3.01. The average Bonchev–Trinajstić information content (AvgIpc) is 2.38. The predicted molar refractivity (Wildman–Crippen MR) is 72.3 cm³/mol. The molecule has 1 aromatic rings. The smallest absolute Gasteiger partial charge is 0.139 e. The molecule has 0 aromatic heterocycles. The van der Waals surface area contributed by atoms with E-state index in [9.17, 15) is 9.90 Å². The molecule has 1 aliphatic carbocycles. The minimum absolute atomic E-state index is 0.202. The van der Waals surface area contributed by atoms with Gasteiger partial charge in [-0.05, 0) is 31.2 Å². The molecule has 0 amide bonds. The number of Topliss-reactive ketones (excluding diaryl/α,β-unsaturated/α-hetero) is 1. The number of hydrogen-bond donors (Lipinski definition) is 1. The summed E-state index contributed by atoms with van der Waals surface area (Å²) in [6.07, 6.45) is 3.01. The maximum Gasteiger partial charge on any atom is 0.139 e. The third-order valence-corrected chi connectivity index (χ3v) is 4.16. The van der Waals surface area contributed by atoms with Crippen molar-refractivity contribution in [1.29, 1.82) is 0 Å². The van der Waals surface area contributed by atoms with Gasteiger partial charge in [-0.25, -0.2) is 0 Å². The van der Waals surface area contributed by atoms with E-state index in [0.29, 0.717) is 12.3 Å². The maximum atomic E-state index is 12.1. The highest BCUT2D eigenvalue weighted by Gasteiger charge is 2.36. The molecule has 0 heterocycles. The Balaban J connectivity index is 2.22. The number of aliphatic hydroxyl groups excluding tert-OH is 1. The number of carbonyl (C=O) groups excluding carboxylic acids is 1. The Kier molecular flexibility index (Phi) is 4.18. The molecular weight excluding hydrogens is 224 g/mol. The highest BCUT2D eigenvalue weighted by Crippen LogP contribution is 2.38. The highest BCUT2D eigenvalue weighted by molar-refractivity contribution is 5.82. The second-order valence-corrected chi connectivity index (χ2v) is 5.41. The number of benzene rings is 1. The molecule has 1 aliphatic rings. The molecule has 0 aliphatic heterocycles. The normalized spacial score (nSPS) is 26.1. The Hall–Kier alpha value is -1.15. The molecule has 0 spiro atoms. The minimum atomic E-state index is -0.636. The van der Waals surface area contributed by atoms with Gasteiger partial charge in [0.1, 0.15) is 5.78 Å². The van der Waals surface area contributed by atoms with Crippen LogP contribution in [-0.4, -0.2) is 10.9 Å². The highest BCUT2D eigenvalue weighted by atomic mass is 16.3. The lowest BCUT2D eigenvalue weighted by Crippen LogP contribution is -2.33. The van der Waals surface area contributed by atoms with E-state index in [2.05, 4.69) is 6.92 Å². The number of aliphatic hydroxyl groups is 1. The Labute approximate surface area is 109 Å². The van der Waals surface area contributed by atoms with Gasteiger partial charge in [0.15, 0.2) is 0 Å². The van der Waals surface area contributed by atoms with E-state index < -0.39 is 6.10 Å². The monoisotopic (exact) mass is 246 g/mol. The number of ketones is 1. The van der Waals surface area contributed by atoms with Crippen LogP contribution in [0.25, 0.3) is 0 Å². The molecule has 98 valence electrons. The van der Waals surface area contributed by atoms with Gasteiger partial charge in [0, 0.05) is 6.42 Å². The third-order valence-electron chi connectivity index (χ3n) is 4.16. The number of rotatable bonds is 3. The zero-order valence-electron chi connectivity index (χ0n) is 11.2. The molecule has 2 nitrogen and oxygen atoms in total. The molecule has 0 radical (unpaired) electrons. The van der Waals surface area contributed by atoms with Crippen molar-refractivity contribution >= 4 is 5.78 Å². The van der Waals surface area contributed by atoms with Crippen LogP contribution in [0.1, 0.15) is 49.8 Å². The second-order valence-electron chi connectivity index (χ2n) is 5.41. The van der Waals surface area contributed by atoms with Crippen molar-refractivity contribution in [3.63, 3.8) is 0 Å². The zero-order chi connectivity index (χ0) is 13.1. The van der Waals surface area contributed by atoms with Crippen molar-refractivity contribution < 1.29 is 9.90 Å². The fourth-order valence-corrected chi connectivity index (χ4v) is 3.01. The van der Waals surface area contributed by atoms with Crippen LogP contribution in [0.3, 0.4) is 0 Å². The first kappa shape index (κ1) is 13.3. The van der Waals surface area contributed by atoms with Gasteiger partial charge in [0.2, 0.25) is 0 Å². The molecular formula is C16H22O2. The van der Waals surface area contributed by atoms with Crippen molar-refractivity contribution in [3.05, 3.63) is 35.4 Å². The SMILES string of the molecule is CCC1CCCC(=O)C1C(O)c1ccc(C)cc1. The average molecular weight is 246 g/mol. The van der Waals surface area contributed by atoms with E-state index in [4.69, 9.17) is 0 Å². The van der Waals surface area contributed by atoms with Crippen LogP contribution in [0.15, 0.2) is 24.3 Å². The first-order chi connectivity index (χ1) is 8.63. The Bertz CT molecular complexity index is 408. The summed E-state index contributed by atoms with van der Waals surface area (Å²) in [6, 6.07) is 7.86. The Morgan fingerprint density at radius 2 is 2.00 bits per heavy atom. The van der Waals surface area contributed by atoms with Crippen molar-refractivity contribution in [2.45, 2.75) is 45.6 Å². The Morgan fingerprint density at radius 1 is 1.33 bits per heavy atom. The second kappa shape index (κ2) is 5.66. The first-order valence-corrected chi connectivity index (χ1v) is 6.90. The molecule has 18 heavy (non-hydrogen) atoms. The van der Waals surface area contributed by atoms with Gasteiger partial charge in [-0.2, -0.15) is 0 Å². The molecule has 0 saturated heterocycles. The zero-order valence-corrected chi connectivity index (χ0v) is 11.2. The molecule has 0 bridgehead atoms. The van der Waals surface area contributed by atoms with Gasteiger partial charge in [-0.3, -0.25) is 4.79 Å². The van der Waals surface area contributed by atoms with Gasteiger partial charge in [0.05, 0.1) is 12.0 Å². The third kappa shape index (κ3) is 2.64. The molecule has 2 rings (SSSR count). The summed E-state index contributed by atoms with van der Waals surface area (Å²) < 4.78 is 0. The lowest BCUT2D eigenvalue weighted by Gasteiger charge is -2.33. The lowest BCUT2D eigenvalue weighted by atomic mass is 9.72. The summed E-state index contributed by atoms with van der Waals surface area (Å²) in [6.45, 7) is 4.13. The van der Waals surface area contributed by atoms with Gasteiger partial charge in [0.25, 0.3) is 0 Å². The summed E-state index contributed by atoms with van der Waals surface area (Å²) >= 11 is 0. The van der Waals surface area contributed by atoms with Crippen molar-refractivity contribution in [2.75, 3.05) is 0 Å². The van der Waals surface area contributed by atoms with Crippen molar-refractivity contribution in [1.82, 2.24) is 0 Å². The first-order valence-electron chi connectivity index (χ1n) is 6.90. The topological polar surface area (TPSA) is 37.3 Å². The number of hydrogen-bond acceptors (Lipinski definition) is 2. The van der Waals surface area contributed by atoms with E-state index in [1.54, 1.807) is 0 Å². The fraction of sp³-hybridized carbons (Fsp3) is 0.562. The van der Waals surface area contributed by atoms with Crippen LogP contribution in [-0.2, 0) is 4.79 Å². The van der Waals surface area contributed by atoms with E-state index in [1.807, 2.05) is 31.2 Å². The number of carbonyl (C=O) groups is 1. The molecule has 2 heteroatoms. The van der Waals surface area contributed by atoms with Crippen molar-refractivity contribution in [3.8, 4) is 0 Å². The predicted octanol–water partition coefficient (Wildman–Crippen LogP) is 3.42. The summed E-state index contributed by atoms with van der Waals surface area (Å²) in [4.78, 5) is 12.1. The van der Waals surface area contributed by atoms with Crippen LogP contribution in [0.4, 0.5) is 0 Å². The van der Waals surface area contributed by atoms with E-state index in [0.717, 1.165) is 24.8 Å². The Morgan fingerprint density at radius 3 is 2.61 bits per heavy atom.